The molecule has 0 aliphatic heterocycles. The smallest absolute Gasteiger partial charge is 0.226 e. The molecule has 0 saturated heterocycles. The molecule has 0 heterocycles. The third-order valence-electron chi connectivity index (χ3n) is 3.71. The van der Waals surface area contributed by atoms with Crippen molar-refractivity contribution in [1.82, 2.24) is 9.80 Å². The molecule has 2 atom stereocenters. The van der Waals surface area contributed by atoms with Crippen LogP contribution in [0.3, 0.4) is 0 Å². The molecule has 6 nitrogen and oxygen atoms in total. The SMILES string of the molecule is CC(=O)N(C(C)=O)C1CCCCC1N(C(C)=O)C(C)=O. The second-order valence-corrected chi connectivity index (χ2v) is 5.24. The Hall–Kier alpha value is -1.72. The second-order valence-electron chi connectivity index (χ2n) is 5.24. The Balaban J connectivity index is 3.13. The average molecular weight is 282 g/mol. The summed E-state index contributed by atoms with van der Waals surface area (Å²) in [4.78, 5) is 49.2. The highest BCUT2D eigenvalue weighted by Gasteiger charge is 2.39. The second kappa shape index (κ2) is 6.63. The standard InChI is InChI=1S/C14H22N2O4/c1-9(17)15(10(2)18)13-7-5-6-8-14(13)16(11(3)19)12(4)20/h13-14H,5-8H2,1-4H3. The maximum absolute atomic E-state index is 11.7. The van der Waals surface area contributed by atoms with Crippen LogP contribution in [0.4, 0.5) is 0 Å². The molecule has 6 heteroatoms. The van der Waals surface area contributed by atoms with Crippen LogP contribution in [-0.4, -0.2) is 45.5 Å². The van der Waals surface area contributed by atoms with E-state index in [0.29, 0.717) is 12.8 Å². The molecule has 0 aromatic carbocycles. The first kappa shape index (κ1) is 16.3. The molecule has 20 heavy (non-hydrogen) atoms. The number of carbonyl (C=O) groups is 4. The van der Waals surface area contributed by atoms with E-state index in [1.807, 2.05) is 0 Å². The Morgan fingerprint density at radius 1 is 0.650 bits per heavy atom. The van der Waals surface area contributed by atoms with Gasteiger partial charge in [-0.15, -0.1) is 0 Å². The number of imide groups is 2. The zero-order valence-electron chi connectivity index (χ0n) is 12.5. The van der Waals surface area contributed by atoms with Crippen LogP contribution in [0.5, 0.6) is 0 Å². The largest absolute Gasteiger partial charge is 0.278 e. The van der Waals surface area contributed by atoms with Crippen LogP contribution in [0.15, 0.2) is 0 Å². The number of hydrogen-bond acceptors (Lipinski definition) is 4. The molecule has 1 rings (SSSR count). The van der Waals surface area contributed by atoms with Crippen molar-refractivity contribution in [3.63, 3.8) is 0 Å². The third kappa shape index (κ3) is 3.43. The monoisotopic (exact) mass is 282 g/mol. The van der Waals surface area contributed by atoms with Crippen LogP contribution >= 0.6 is 0 Å². The summed E-state index contributed by atoms with van der Waals surface area (Å²) in [5.74, 6) is -1.38. The first-order chi connectivity index (χ1) is 9.27. The molecular weight excluding hydrogens is 260 g/mol. The predicted molar refractivity (Wildman–Crippen MR) is 72.4 cm³/mol. The van der Waals surface area contributed by atoms with Crippen molar-refractivity contribution < 1.29 is 19.2 Å². The minimum atomic E-state index is -0.411. The summed E-state index contributed by atoms with van der Waals surface area (Å²) in [7, 11) is 0. The van der Waals surface area contributed by atoms with E-state index >= 15 is 0 Å². The van der Waals surface area contributed by atoms with Crippen LogP contribution in [0, 0.1) is 0 Å². The zero-order chi connectivity index (χ0) is 15.4. The van der Waals surface area contributed by atoms with Gasteiger partial charge < -0.3 is 0 Å². The van der Waals surface area contributed by atoms with Gasteiger partial charge in [-0.25, -0.2) is 0 Å². The fraction of sp³-hybridized carbons (Fsp3) is 0.714. The van der Waals surface area contributed by atoms with Crippen LogP contribution in [0.1, 0.15) is 53.4 Å². The summed E-state index contributed by atoms with van der Waals surface area (Å²) in [6.07, 6.45) is 3.01. The molecule has 0 spiro atoms. The van der Waals surface area contributed by atoms with E-state index < -0.39 is 12.1 Å². The maximum Gasteiger partial charge on any atom is 0.226 e. The number of amides is 4. The fourth-order valence-electron chi connectivity index (χ4n) is 3.07. The predicted octanol–water partition coefficient (Wildman–Crippen LogP) is 1.09. The lowest BCUT2D eigenvalue weighted by molar-refractivity contribution is -0.155. The van der Waals surface area contributed by atoms with Gasteiger partial charge in [0, 0.05) is 27.7 Å². The van der Waals surface area contributed by atoms with Crippen molar-refractivity contribution in [3.8, 4) is 0 Å². The Kier molecular flexibility index (Phi) is 5.42. The van der Waals surface area contributed by atoms with E-state index in [-0.39, 0.29) is 23.6 Å². The van der Waals surface area contributed by atoms with E-state index in [0.717, 1.165) is 12.8 Å². The summed E-state index contributed by atoms with van der Waals surface area (Å²) in [5, 5.41) is 0. The quantitative estimate of drug-likeness (QED) is 0.759. The van der Waals surface area contributed by atoms with Crippen molar-refractivity contribution in [2.45, 2.75) is 65.5 Å². The fourth-order valence-corrected chi connectivity index (χ4v) is 3.07. The van der Waals surface area contributed by atoms with Crippen molar-refractivity contribution in [2.24, 2.45) is 0 Å². The molecule has 4 amide bonds. The van der Waals surface area contributed by atoms with Crippen molar-refractivity contribution in [1.29, 1.82) is 0 Å². The third-order valence-corrected chi connectivity index (χ3v) is 3.71. The van der Waals surface area contributed by atoms with Gasteiger partial charge in [0.2, 0.25) is 23.6 Å². The van der Waals surface area contributed by atoms with Crippen LogP contribution in [-0.2, 0) is 19.2 Å². The minimum absolute atomic E-state index is 0.346. The van der Waals surface area contributed by atoms with Gasteiger partial charge in [0.25, 0.3) is 0 Å². The zero-order valence-corrected chi connectivity index (χ0v) is 12.5. The molecule has 0 bridgehead atoms. The van der Waals surface area contributed by atoms with E-state index in [1.54, 1.807) is 0 Å². The van der Waals surface area contributed by atoms with Crippen LogP contribution in [0.2, 0.25) is 0 Å². The topological polar surface area (TPSA) is 74.8 Å². The lowest BCUT2D eigenvalue weighted by Crippen LogP contribution is -2.58. The summed E-state index contributed by atoms with van der Waals surface area (Å²) in [6, 6.07) is -0.821. The van der Waals surface area contributed by atoms with Gasteiger partial charge in [0.15, 0.2) is 0 Å². The Morgan fingerprint density at radius 3 is 1.10 bits per heavy atom. The van der Waals surface area contributed by atoms with Gasteiger partial charge in [-0.2, -0.15) is 0 Å². The molecule has 0 N–H and O–H groups in total. The Morgan fingerprint density at radius 2 is 0.900 bits per heavy atom. The van der Waals surface area contributed by atoms with Crippen molar-refractivity contribution in [2.75, 3.05) is 0 Å². The summed E-state index contributed by atoms with van der Waals surface area (Å²) >= 11 is 0. The van der Waals surface area contributed by atoms with Gasteiger partial charge in [-0.05, 0) is 12.8 Å². The molecule has 0 aromatic heterocycles. The van der Waals surface area contributed by atoms with Crippen LogP contribution in [0.25, 0.3) is 0 Å². The Bertz CT molecular complexity index is 365. The first-order valence-electron chi connectivity index (χ1n) is 6.88. The van der Waals surface area contributed by atoms with E-state index in [4.69, 9.17) is 0 Å². The molecule has 1 fully saturated rings. The highest BCUT2D eigenvalue weighted by atomic mass is 16.2. The first-order valence-corrected chi connectivity index (χ1v) is 6.88. The lowest BCUT2D eigenvalue weighted by Gasteiger charge is -2.42. The van der Waals surface area contributed by atoms with Gasteiger partial charge in [-0.1, -0.05) is 12.8 Å². The number of nitrogens with zero attached hydrogens (tertiary/aromatic N) is 2. The highest BCUT2D eigenvalue weighted by Crippen LogP contribution is 2.28. The maximum atomic E-state index is 11.7. The van der Waals surface area contributed by atoms with Gasteiger partial charge in [0.05, 0.1) is 12.1 Å². The molecule has 1 saturated carbocycles. The molecule has 1 aliphatic rings. The summed E-state index contributed by atoms with van der Waals surface area (Å²) < 4.78 is 0. The summed E-state index contributed by atoms with van der Waals surface area (Å²) in [6.45, 7) is 5.33. The Labute approximate surface area is 119 Å². The van der Waals surface area contributed by atoms with Gasteiger partial charge in [-0.3, -0.25) is 29.0 Å². The molecule has 1 aliphatic carbocycles. The highest BCUT2D eigenvalue weighted by molar-refractivity contribution is 5.95. The minimum Gasteiger partial charge on any atom is -0.278 e. The van der Waals surface area contributed by atoms with E-state index in [9.17, 15) is 19.2 Å². The van der Waals surface area contributed by atoms with Crippen LogP contribution < -0.4 is 0 Å². The van der Waals surface area contributed by atoms with Gasteiger partial charge >= 0.3 is 0 Å². The molecule has 112 valence electrons. The number of carbonyl (C=O) groups excluding carboxylic acids is 4. The van der Waals surface area contributed by atoms with Crippen molar-refractivity contribution in [3.05, 3.63) is 0 Å². The number of rotatable bonds is 2. The molecule has 2 unspecified atom stereocenters. The number of hydrogen-bond donors (Lipinski definition) is 0. The lowest BCUT2D eigenvalue weighted by atomic mass is 9.87. The average Bonchev–Trinajstić information content (AvgIpc) is 2.29. The summed E-state index contributed by atoms with van der Waals surface area (Å²) in [5.41, 5.74) is 0. The van der Waals surface area contributed by atoms with E-state index in [1.165, 1.54) is 37.5 Å². The van der Waals surface area contributed by atoms with Crippen molar-refractivity contribution >= 4 is 23.6 Å². The normalized spacial score (nSPS) is 22.0. The molecular formula is C14H22N2O4. The van der Waals surface area contributed by atoms with Gasteiger partial charge in [0.1, 0.15) is 0 Å². The molecule has 0 aromatic rings. The van der Waals surface area contributed by atoms with E-state index in [2.05, 4.69) is 0 Å². The molecule has 0 radical (unpaired) electrons.